The maximum Gasteiger partial charge on any atom is 0.265 e. The maximum absolute atomic E-state index is 12.4. The van der Waals surface area contributed by atoms with Crippen molar-refractivity contribution in [2.45, 2.75) is 13.5 Å². The molecule has 1 amide bonds. The summed E-state index contributed by atoms with van der Waals surface area (Å²) in [5.41, 5.74) is 3.64. The van der Waals surface area contributed by atoms with Gasteiger partial charge in [0, 0.05) is 17.1 Å². The van der Waals surface area contributed by atoms with E-state index in [1.807, 2.05) is 43.3 Å². The minimum absolute atomic E-state index is 0.175. The van der Waals surface area contributed by atoms with Gasteiger partial charge in [0.15, 0.2) is 0 Å². The smallest absolute Gasteiger partial charge is 0.265 e. The van der Waals surface area contributed by atoms with Crippen LogP contribution in [0.1, 0.15) is 20.8 Å². The highest BCUT2D eigenvalue weighted by Crippen LogP contribution is 2.25. The number of carbonyl (C=O) groups is 1. The molecule has 0 aliphatic carbocycles. The van der Waals surface area contributed by atoms with Crippen LogP contribution in [0.25, 0.3) is 11.3 Å². The quantitative estimate of drug-likeness (QED) is 0.776. The van der Waals surface area contributed by atoms with Gasteiger partial charge >= 0.3 is 0 Å². The molecule has 0 fully saturated rings. The monoisotopic (exact) mass is 343 g/mol. The van der Waals surface area contributed by atoms with E-state index in [9.17, 15) is 4.79 Å². The second-order valence-electron chi connectivity index (χ2n) is 5.13. The Morgan fingerprint density at radius 2 is 1.83 bits per heavy atom. The molecule has 1 N–H and O–H groups in total. The second kappa shape index (κ2) is 6.89. The van der Waals surface area contributed by atoms with E-state index in [0.29, 0.717) is 22.1 Å². The van der Waals surface area contributed by atoms with Crippen molar-refractivity contribution < 1.29 is 4.79 Å². The lowest BCUT2D eigenvalue weighted by molar-refractivity contribution is 0.0955. The largest absolute Gasteiger partial charge is 0.347 e. The third kappa shape index (κ3) is 3.75. The first-order valence-corrected chi connectivity index (χ1v) is 8.20. The number of nitrogens with zero attached hydrogens (tertiary/aromatic N) is 2. The molecule has 3 aromatic rings. The van der Waals surface area contributed by atoms with Crippen LogP contribution in [0.3, 0.4) is 0 Å². The molecular formula is C17H14ClN3OS. The van der Waals surface area contributed by atoms with Crippen molar-refractivity contribution in [3.8, 4) is 11.3 Å². The van der Waals surface area contributed by atoms with Gasteiger partial charge < -0.3 is 5.32 Å². The van der Waals surface area contributed by atoms with Gasteiger partial charge in [0.05, 0.1) is 0 Å². The van der Waals surface area contributed by atoms with Crippen molar-refractivity contribution >= 4 is 29.0 Å². The third-order valence-corrected chi connectivity index (χ3v) is 4.36. The Balaban J connectivity index is 1.74. The van der Waals surface area contributed by atoms with Crippen LogP contribution in [0, 0.1) is 6.92 Å². The molecular weight excluding hydrogens is 330 g/mol. The Hall–Kier alpha value is -2.24. The highest BCUT2D eigenvalue weighted by Gasteiger charge is 2.17. The predicted octanol–water partition coefficient (Wildman–Crippen LogP) is 4.10. The first kappa shape index (κ1) is 15.6. The first-order valence-electron chi connectivity index (χ1n) is 7.05. The molecule has 0 bridgehead atoms. The summed E-state index contributed by atoms with van der Waals surface area (Å²) in [6, 6.07) is 15.2. The minimum Gasteiger partial charge on any atom is -0.347 e. The van der Waals surface area contributed by atoms with Crippen LogP contribution in [0.5, 0.6) is 0 Å². The molecule has 1 heterocycles. The molecule has 1 aromatic heterocycles. The van der Waals surface area contributed by atoms with Crippen molar-refractivity contribution in [3.05, 3.63) is 69.6 Å². The maximum atomic E-state index is 12.4. The molecule has 0 aliphatic heterocycles. The fourth-order valence-corrected chi connectivity index (χ4v) is 2.84. The molecule has 3 rings (SSSR count). The van der Waals surface area contributed by atoms with Crippen molar-refractivity contribution in [1.82, 2.24) is 14.9 Å². The van der Waals surface area contributed by atoms with E-state index in [-0.39, 0.29) is 5.91 Å². The number of aromatic nitrogens is 2. The summed E-state index contributed by atoms with van der Waals surface area (Å²) in [5.74, 6) is -0.175. The lowest BCUT2D eigenvalue weighted by atomic mass is 10.1. The second-order valence-corrected chi connectivity index (χ2v) is 6.32. The Morgan fingerprint density at radius 3 is 2.52 bits per heavy atom. The zero-order valence-electron chi connectivity index (χ0n) is 12.4. The third-order valence-electron chi connectivity index (χ3n) is 3.39. The van der Waals surface area contributed by atoms with Crippen molar-refractivity contribution in [3.63, 3.8) is 0 Å². The van der Waals surface area contributed by atoms with E-state index in [0.717, 1.165) is 22.7 Å². The molecule has 0 unspecified atom stereocenters. The Morgan fingerprint density at radius 1 is 1.13 bits per heavy atom. The van der Waals surface area contributed by atoms with E-state index >= 15 is 0 Å². The van der Waals surface area contributed by atoms with Gasteiger partial charge in [-0.25, -0.2) is 0 Å². The lowest BCUT2D eigenvalue weighted by Crippen LogP contribution is -2.22. The van der Waals surface area contributed by atoms with Gasteiger partial charge in [-0.2, -0.15) is 0 Å². The summed E-state index contributed by atoms with van der Waals surface area (Å²) in [5, 5.41) is 7.62. The first-order chi connectivity index (χ1) is 11.1. The summed E-state index contributed by atoms with van der Waals surface area (Å²) in [6.45, 7) is 2.50. The molecule has 2 aromatic carbocycles. The Kier molecular flexibility index (Phi) is 4.69. The predicted molar refractivity (Wildman–Crippen MR) is 92.7 cm³/mol. The van der Waals surface area contributed by atoms with Gasteiger partial charge in [0.25, 0.3) is 5.91 Å². The van der Waals surface area contributed by atoms with Crippen molar-refractivity contribution in [1.29, 1.82) is 0 Å². The highest BCUT2D eigenvalue weighted by atomic mass is 35.5. The van der Waals surface area contributed by atoms with E-state index in [1.165, 1.54) is 5.56 Å². The summed E-state index contributed by atoms with van der Waals surface area (Å²) in [6.07, 6.45) is 0. The molecule has 0 saturated heterocycles. The fraction of sp³-hybridized carbons (Fsp3) is 0.118. The average molecular weight is 344 g/mol. The zero-order valence-corrected chi connectivity index (χ0v) is 14.0. The summed E-state index contributed by atoms with van der Waals surface area (Å²) in [4.78, 5) is 12.9. The van der Waals surface area contributed by atoms with Crippen LogP contribution in [0.4, 0.5) is 0 Å². The van der Waals surface area contributed by atoms with E-state index in [2.05, 4.69) is 14.9 Å². The molecule has 0 saturated carbocycles. The van der Waals surface area contributed by atoms with Crippen LogP contribution in [-0.4, -0.2) is 15.5 Å². The Labute approximate surface area is 143 Å². The number of nitrogens with one attached hydrogen (secondary N) is 1. The fourth-order valence-electron chi connectivity index (χ4n) is 2.10. The molecule has 0 aliphatic rings. The summed E-state index contributed by atoms with van der Waals surface area (Å²) in [7, 11) is 0. The number of rotatable bonds is 4. The summed E-state index contributed by atoms with van der Waals surface area (Å²) >= 11 is 6.98. The van der Waals surface area contributed by atoms with Crippen LogP contribution >= 0.6 is 23.1 Å². The van der Waals surface area contributed by atoms with Gasteiger partial charge in [-0.05, 0) is 36.2 Å². The number of carbonyl (C=O) groups excluding carboxylic acids is 1. The molecule has 6 heteroatoms. The average Bonchev–Trinajstić information content (AvgIpc) is 3.04. The number of halogens is 1. The molecule has 0 spiro atoms. The van der Waals surface area contributed by atoms with Gasteiger partial charge in [0.1, 0.15) is 10.6 Å². The van der Waals surface area contributed by atoms with Crippen molar-refractivity contribution in [2.24, 2.45) is 0 Å². The normalized spacial score (nSPS) is 10.5. The van der Waals surface area contributed by atoms with E-state index in [1.54, 1.807) is 12.1 Å². The molecule has 0 atom stereocenters. The number of amides is 1. The molecule has 4 nitrogen and oxygen atoms in total. The highest BCUT2D eigenvalue weighted by molar-refractivity contribution is 7.08. The number of hydrogen-bond acceptors (Lipinski definition) is 4. The van der Waals surface area contributed by atoms with Gasteiger partial charge in [-0.1, -0.05) is 58.1 Å². The topological polar surface area (TPSA) is 54.9 Å². The minimum atomic E-state index is -0.175. The number of hydrogen-bond donors (Lipinski definition) is 1. The van der Waals surface area contributed by atoms with E-state index < -0.39 is 0 Å². The van der Waals surface area contributed by atoms with Crippen molar-refractivity contribution in [2.75, 3.05) is 0 Å². The van der Waals surface area contributed by atoms with Crippen LogP contribution < -0.4 is 5.32 Å². The van der Waals surface area contributed by atoms with E-state index in [4.69, 9.17) is 11.6 Å². The SMILES string of the molecule is Cc1ccc(CNC(=O)c2snnc2-c2ccc(Cl)cc2)cc1. The standard InChI is InChI=1S/C17H14ClN3OS/c1-11-2-4-12(5-3-11)10-19-17(22)16-15(20-21-23-16)13-6-8-14(18)9-7-13/h2-9H,10H2,1H3,(H,19,22). The molecule has 23 heavy (non-hydrogen) atoms. The number of aryl methyl sites for hydroxylation is 1. The molecule has 116 valence electrons. The van der Waals surface area contributed by atoms with Gasteiger partial charge in [-0.3, -0.25) is 4.79 Å². The number of benzene rings is 2. The molecule has 0 radical (unpaired) electrons. The van der Waals surface area contributed by atoms with Gasteiger partial charge in [0.2, 0.25) is 0 Å². The Bertz CT molecular complexity index is 813. The lowest BCUT2D eigenvalue weighted by Gasteiger charge is -2.05. The van der Waals surface area contributed by atoms with Crippen LogP contribution in [0.15, 0.2) is 48.5 Å². The van der Waals surface area contributed by atoms with Gasteiger partial charge in [-0.15, -0.1) is 5.10 Å². The zero-order chi connectivity index (χ0) is 16.2. The summed E-state index contributed by atoms with van der Waals surface area (Å²) < 4.78 is 3.91. The van der Waals surface area contributed by atoms with Crippen LogP contribution in [-0.2, 0) is 6.54 Å². The van der Waals surface area contributed by atoms with Crippen LogP contribution in [0.2, 0.25) is 5.02 Å².